The number of hydrogen-bond acceptors (Lipinski definition) is 4. The Bertz CT molecular complexity index is 277. The lowest BCUT2D eigenvalue weighted by Crippen LogP contribution is -2.52. The lowest BCUT2D eigenvalue weighted by molar-refractivity contribution is -0.135. The molecule has 0 atom stereocenters. The molecule has 5 nitrogen and oxygen atoms in total. The first kappa shape index (κ1) is 13.8. The first-order valence-corrected chi connectivity index (χ1v) is 7.05. The van der Waals surface area contributed by atoms with Gasteiger partial charge in [-0.3, -0.25) is 9.69 Å². The Morgan fingerprint density at radius 3 is 2.44 bits per heavy atom. The Morgan fingerprint density at radius 1 is 1.28 bits per heavy atom. The number of piperazine rings is 1. The second-order valence-corrected chi connectivity index (χ2v) is 5.74. The zero-order chi connectivity index (χ0) is 13.0. The number of hydrogen-bond donors (Lipinski definition) is 2. The van der Waals surface area contributed by atoms with Crippen molar-refractivity contribution < 1.29 is 4.79 Å². The largest absolute Gasteiger partial charge is 0.354 e. The first-order valence-electron chi connectivity index (χ1n) is 7.05. The molecule has 1 amide bonds. The highest BCUT2D eigenvalue weighted by Gasteiger charge is 2.42. The molecular formula is C13H26N4O. The van der Waals surface area contributed by atoms with Crippen LogP contribution in [0.5, 0.6) is 0 Å². The average Bonchev–Trinajstić information content (AvgIpc) is 2.31. The predicted molar refractivity (Wildman–Crippen MR) is 72.3 cm³/mol. The molecule has 1 saturated heterocycles. The molecule has 18 heavy (non-hydrogen) atoms. The fourth-order valence-corrected chi connectivity index (χ4v) is 2.71. The highest BCUT2D eigenvalue weighted by atomic mass is 16.2. The summed E-state index contributed by atoms with van der Waals surface area (Å²) in [6.45, 7) is 6.67. The van der Waals surface area contributed by atoms with Crippen molar-refractivity contribution >= 4 is 5.91 Å². The van der Waals surface area contributed by atoms with Gasteiger partial charge in [0.15, 0.2) is 0 Å². The molecule has 104 valence electrons. The normalized spacial score (nSPS) is 24.6. The maximum Gasteiger partial charge on any atom is 0.227 e. The van der Waals surface area contributed by atoms with Crippen molar-refractivity contribution in [1.82, 2.24) is 15.1 Å². The number of carbonyl (C=O) groups is 1. The molecule has 0 aromatic rings. The number of carbonyl (C=O) groups excluding carboxylic acids is 1. The molecule has 0 radical (unpaired) electrons. The van der Waals surface area contributed by atoms with E-state index in [0.29, 0.717) is 6.54 Å². The number of likely N-dealkylation sites (N-methyl/N-ethyl adjacent to an activating group) is 1. The Balaban J connectivity index is 1.64. The Kier molecular flexibility index (Phi) is 4.59. The summed E-state index contributed by atoms with van der Waals surface area (Å²) in [5, 5.41) is 3.06. The van der Waals surface area contributed by atoms with Crippen LogP contribution in [-0.2, 0) is 4.79 Å². The average molecular weight is 254 g/mol. The van der Waals surface area contributed by atoms with E-state index in [1.54, 1.807) is 0 Å². The fourth-order valence-electron chi connectivity index (χ4n) is 2.71. The van der Waals surface area contributed by atoms with E-state index in [4.69, 9.17) is 5.73 Å². The highest BCUT2D eigenvalue weighted by molar-refractivity contribution is 5.83. The van der Waals surface area contributed by atoms with E-state index in [1.165, 1.54) is 0 Å². The fraction of sp³-hybridized carbons (Fsp3) is 0.923. The molecule has 1 saturated carbocycles. The second-order valence-electron chi connectivity index (χ2n) is 5.74. The molecule has 0 unspecified atom stereocenters. The van der Waals surface area contributed by atoms with E-state index < -0.39 is 0 Å². The van der Waals surface area contributed by atoms with Gasteiger partial charge < -0.3 is 16.0 Å². The van der Waals surface area contributed by atoms with Crippen LogP contribution in [-0.4, -0.2) is 68.6 Å². The van der Waals surface area contributed by atoms with E-state index in [2.05, 4.69) is 22.2 Å². The summed E-state index contributed by atoms with van der Waals surface area (Å²) in [5.74, 6) is 0.172. The maximum atomic E-state index is 12.1. The predicted octanol–water partition coefficient (Wildman–Crippen LogP) is -0.521. The Morgan fingerprint density at radius 2 is 1.94 bits per heavy atom. The SMILES string of the molecule is CN1CCN(CCNC(=O)C2(CN)CCC2)CC1. The molecule has 3 N–H and O–H groups in total. The third-order valence-corrected chi connectivity index (χ3v) is 4.49. The summed E-state index contributed by atoms with van der Waals surface area (Å²) in [6.07, 6.45) is 3.07. The molecule has 2 rings (SSSR count). The van der Waals surface area contributed by atoms with Gasteiger partial charge in [-0.15, -0.1) is 0 Å². The smallest absolute Gasteiger partial charge is 0.227 e. The van der Waals surface area contributed by atoms with Crippen LogP contribution < -0.4 is 11.1 Å². The summed E-state index contributed by atoms with van der Waals surface area (Å²) in [4.78, 5) is 16.8. The van der Waals surface area contributed by atoms with Gasteiger partial charge in [-0.1, -0.05) is 6.42 Å². The van der Waals surface area contributed by atoms with Gasteiger partial charge in [0.1, 0.15) is 0 Å². The minimum absolute atomic E-state index is 0.172. The lowest BCUT2D eigenvalue weighted by atomic mass is 9.68. The molecule has 2 aliphatic rings. The quantitative estimate of drug-likeness (QED) is 0.693. The van der Waals surface area contributed by atoms with E-state index >= 15 is 0 Å². The topological polar surface area (TPSA) is 61.6 Å². The van der Waals surface area contributed by atoms with Gasteiger partial charge in [0.2, 0.25) is 5.91 Å². The van der Waals surface area contributed by atoms with E-state index in [9.17, 15) is 4.79 Å². The van der Waals surface area contributed by atoms with Crippen LogP contribution in [0.3, 0.4) is 0 Å². The van der Waals surface area contributed by atoms with Gasteiger partial charge >= 0.3 is 0 Å². The number of nitrogens with two attached hydrogens (primary N) is 1. The lowest BCUT2D eigenvalue weighted by Gasteiger charge is -2.39. The van der Waals surface area contributed by atoms with Crippen molar-refractivity contribution in [1.29, 1.82) is 0 Å². The van der Waals surface area contributed by atoms with Crippen LogP contribution >= 0.6 is 0 Å². The van der Waals surface area contributed by atoms with Crippen LogP contribution in [0, 0.1) is 5.41 Å². The molecule has 2 fully saturated rings. The molecule has 5 heteroatoms. The van der Waals surface area contributed by atoms with Gasteiger partial charge in [0, 0.05) is 45.8 Å². The summed E-state index contributed by atoms with van der Waals surface area (Å²) in [7, 11) is 2.15. The minimum Gasteiger partial charge on any atom is -0.354 e. The molecule has 1 aliphatic heterocycles. The first-order chi connectivity index (χ1) is 8.66. The van der Waals surface area contributed by atoms with Crippen LogP contribution in [0.15, 0.2) is 0 Å². The summed E-state index contributed by atoms with van der Waals surface area (Å²) in [6, 6.07) is 0. The van der Waals surface area contributed by atoms with Crippen molar-refractivity contribution in [2.75, 3.05) is 52.9 Å². The third kappa shape index (κ3) is 3.02. The van der Waals surface area contributed by atoms with Crippen LogP contribution in [0.4, 0.5) is 0 Å². The molecule has 0 aromatic heterocycles. The molecule has 0 aromatic carbocycles. The molecular weight excluding hydrogens is 228 g/mol. The van der Waals surface area contributed by atoms with E-state index in [1.807, 2.05) is 0 Å². The van der Waals surface area contributed by atoms with Crippen molar-refractivity contribution in [3.8, 4) is 0 Å². The summed E-state index contributed by atoms with van der Waals surface area (Å²) < 4.78 is 0. The van der Waals surface area contributed by atoms with E-state index in [0.717, 1.165) is 58.5 Å². The van der Waals surface area contributed by atoms with Gasteiger partial charge in [-0.25, -0.2) is 0 Å². The van der Waals surface area contributed by atoms with Gasteiger partial charge in [-0.05, 0) is 19.9 Å². The Labute approximate surface area is 110 Å². The Hall–Kier alpha value is -0.650. The molecule has 0 spiro atoms. The van der Waals surface area contributed by atoms with Gasteiger partial charge in [0.25, 0.3) is 0 Å². The van der Waals surface area contributed by atoms with Crippen LogP contribution in [0.2, 0.25) is 0 Å². The van der Waals surface area contributed by atoms with Crippen molar-refractivity contribution in [2.24, 2.45) is 11.1 Å². The number of rotatable bonds is 5. The zero-order valence-corrected chi connectivity index (χ0v) is 11.5. The summed E-state index contributed by atoms with van der Waals surface area (Å²) >= 11 is 0. The van der Waals surface area contributed by atoms with Crippen LogP contribution in [0.25, 0.3) is 0 Å². The molecule has 1 heterocycles. The monoisotopic (exact) mass is 254 g/mol. The van der Waals surface area contributed by atoms with Gasteiger partial charge in [-0.2, -0.15) is 0 Å². The van der Waals surface area contributed by atoms with Crippen molar-refractivity contribution in [3.05, 3.63) is 0 Å². The third-order valence-electron chi connectivity index (χ3n) is 4.49. The number of amides is 1. The maximum absolute atomic E-state index is 12.1. The highest BCUT2D eigenvalue weighted by Crippen LogP contribution is 2.39. The van der Waals surface area contributed by atoms with Crippen molar-refractivity contribution in [2.45, 2.75) is 19.3 Å². The zero-order valence-electron chi connectivity index (χ0n) is 11.5. The standard InChI is InChI=1S/C13H26N4O/c1-16-7-9-17(10-8-16)6-5-15-12(18)13(11-14)3-2-4-13/h2-11,14H2,1H3,(H,15,18). The minimum atomic E-state index is -0.234. The molecule has 0 bridgehead atoms. The van der Waals surface area contributed by atoms with E-state index in [-0.39, 0.29) is 11.3 Å². The molecule has 1 aliphatic carbocycles. The van der Waals surface area contributed by atoms with Crippen LogP contribution in [0.1, 0.15) is 19.3 Å². The summed E-state index contributed by atoms with van der Waals surface area (Å²) in [5.41, 5.74) is 5.49. The number of nitrogens with one attached hydrogen (secondary N) is 1. The second kappa shape index (κ2) is 5.99. The van der Waals surface area contributed by atoms with Crippen molar-refractivity contribution in [3.63, 3.8) is 0 Å². The number of nitrogens with zero attached hydrogens (tertiary/aromatic N) is 2. The van der Waals surface area contributed by atoms with Gasteiger partial charge in [0.05, 0.1) is 5.41 Å².